The number of benzene rings is 3. The highest BCUT2D eigenvalue weighted by Gasteiger charge is 2.33. The zero-order chi connectivity index (χ0) is 29.1. The summed E-state index contributed by atoms with van der Waals surface area (Å²) in [4.78, 5) is 32.2. The van der Waals surface area contributed by atoms with E-state index in [0.717, 1.165) is 9.13 Å². The van der Waals surface area contributed by atoms with Crippen LogP contribution in [0.1, 0.15) is 36.1 Å². The number of ether oxygens (including phenoxy) is 3. The fourth-order valence-electron chi connectivity index (χ4n) is 4.72. The van der Waals surface area contributed by atoms with E-state index in [4.69, 9.17) is 19.2 Å². The first-order valence-corrected chi connectivity index (χ1v) is 14.7. The van der Waals surface area contributed by atoms with Gasteiger partial charge in [-0.3, -0.25) is 9.36 Å². The van der Waals surface area contributed by atoms with Gasteiger partial charge in [-0.15, -0.1) is 0 Å². The first kappa shape index (κ1) is 28.7. The number of carbonyl (C=O) groups excluding carboxylic acids is 1. The van der Waals surface area contributed by atoms with Crippen molar-refractivity contribution < 1.29 is 23.4 Å². The van der Waals surface area contributed by atoms with Crippen LogP contribution in [0.25, 0.3) is 6.08 Å². The van der Waals surface area contributed by atoms with Crippen molar-refractivity contribution in [2.24, 2.45) is 4.99 Å². The molecule has 1 aromatic heterocycles. The Bertz CT molecular complexity index is 1830. The van der Waals surface area contributed by atoms with Crippen molar-refractivity contribution in [1.82, 2.24) is 4.57 Å². The predicted molar refractivity (Wildman–Crippen MR) is 163 cm³/mol. The summed E-state index contributed by atoms with van der Waals surface area (Å²) in [6.07, 6.45) is 2.21. The summed E-state index contributed by atoms with van der Waals surface area (Å²) in [5.41, 5.74) is 2.36. The van der Waals surface area contributed by atoms with Crippen molar-refractivity contribution in [3.63, 3.8) is 0 Å². The first-order chi connectivity index (χ1) is 19.9. The van der Waals surface area contributed by atoms with Gasteiger partial charge >= 0.3 is 5.97 Å². The third-order valence-electron chi connectivity index (χ3n) is 6.65. The number of esters is 1. The van der Waals surface area contributed by atoms with E-state index < -0.39 is 12.0 Å². The number of fused-ring (bicyclic) bond motifs is 1. The van der Waals surface area contributed by atoms with Crippen LogP contribution in [0.2, 0.25) is 0 Å². The van der Waals surface area contributed by atoms with E-state index in [1.165, 1.54) is 31.6 Å². The molecule has 0 spiro atoms. The SMILES string of the molecule is CCC1=C(C(=O)OC)[C@H](c2ccccc2)n2c(s/c(=C/c3cc(I)cc(OC)c3OCc3ccccc3F)c2=O)=N1. The summed E-state index contributed by atoms with van der Waals surface area (Å²) in [5, 5.41) is 0. The number of methoxy groups -OCH3 is 2. The van der Waals surface area contributed by atoms with E-state index in [-0.39, 0.29) is 18.0 Å². The van der Waals surface area contributed by atoms with Crippen LogP contribution in [-0.4, -0.2) is 24.8 Å². The molecular formula is C31H26FIN2O5S. The molecule has 0 bridgehead atoms. The average Bonchev–Trinajstić information content (AvgIpc) is 3.30. The number of hydrogen-bond acceptors (Lipinski definition) is 7. The van der Waals surface area contributed by atoms with Crippen molar-refractivity contribution in [3.05, 3.63) is 124 Å². The van der Waals surface area contributed by atoms with Crippen LogP contribution in [0.3, 0.4) is 0 Å². The Morgan fingerprint density at radius 3 is 2.54 bits per heavy atom. The Morgan fingerprint density at radius 2 is 1.85 bits per heavy atom. The van der Waals surface area contributed by atoms with Crippen LogP contribution in [0, 0.1) is 9.39 Å². The predicted octanol–water partition coefficient (Wildman–Crippen LogP) is 5.13. The van der Waals surface area contributed by atoms with Gasteiger partial charge in [0, 0.05) is 14.7 Å². The van der Waals surface area contributed by atoms with Gasteiger partial charge in [0.15, 0.2) is 16.3 Å². The highest BCUT2D eigenvalue weighted by atomic mass is 127. The summed E-state index contributed by atoms with van der Waals surface area (Å²) in [6, 6.07) is 18.7. The van der Waals surface area contributed by atoms with Gasteiger partial charge in [-0.25, -0.2) is 14.2 Å². The van der Waals surface area contributed by atoms with E-state index in [2.05, 4.69) is 22.6 Å². The van der Waals surface area contributed by atoms with E-state index in [1.54, 1.807) is 28.8 Å². The molecule has 3 aromatic carbocycles. The second-order valence-electron chi connectivity index (χ2n) is 9.11. The van der Waals surface area contributed by atoms with Crippen LogP contribution in [0.5, 0.6) is 11.5 Å². The van der Waals surface area contributed by atoms with Gasteiger partial charge in [0.25, 0.3) is 5.56 Å². The van der Waals surface area contributed by atoms with E-state index in [9.17, 15) is 14.0 Å². The van der Waals surface area contributed by atoms with Gasteiger partial charge in [0.2, 0.25) is 0 Å². The van der Waals surface area contributed by atoms with Crippen molar-refractivity contribution >= 4 is 46.0 Å². The fraction of sp³-hybridized carbons (Fsp3) is 0.194. The second kappa shape index (κ2) is 12.4. The fourth-order valence-corrected chi connectivity index (χ4v) is 6.35. The van der Waals surface area contributed by atoms with Crippen LogP contribution in [0.4, 0.5) is 4.39 Å². The maximum Gasteiger partial charge on any atom is 0.338 e. The molecule has 10 heteroatoms. The molecule has 41 heavy (non-hydrogen) atoms. The summed E-state index contributed by atoms with van der Waals surface area (Å²) >= 11 is 3.39. The van der Waals surface area contributed by atoms with E-state index >= 15 is 0 Å². The average molecular weight is 685 g/mol. The monoisotopic (exact) mass is 684 g/mol. The quantitative estimate of drug-likeness (QED) is 0.190. The molecule has 1 atom stereocenters. The van der Waals surface area contributed by atoms with Crippen molar-refractivity contribution in [2.75, 3.05) is 14.2 Å². The first-order valence-electron chi connectivity index (χ1n) is 12.8. The molecule has 0 amide bonds. The topological polar surface area (TPSA) is 79.1 Å². The van der Waals surface area contributed by atoms with Crippen LogP contribution in [-0.2, 0) is 16.1 Å². The molecule has 0 radical (unpaired) electrons. The van der Waals surface area contributed by atoms with Crippen LogP contribution >= 0.6 is 33.9 Å². The normalized spacial score (nSPS) is 14.9. The minimum absolute atomic E-state index is 0.0257. The Morgan fingerprint density at radius 1 is 1.12 bits per heavy atom. The maximum absolute atomic E-state index is 14.3. The number of rotatable bonds is 8. The van der Waals surface area contributed by atoms with Gasteiger partial charge in [0.1, 0.15) is 12.4 Å². The Kier molecular flexibility index (Phi) is 8.69. The molecule has 0 N–H and O–H groups in total. The Labute approximate surface area is 253 Å². The third-order valence-corrected chi connectivity index (χ3v) is 8.26. The molecule has 2 heterocycles. The molecule has 0 saturated carbocycles. The smallest absolute Gasteiger partial charge is 0.338 e. The van der Waals surface area contributed by atoms with Gasteiger partial charge < -0.3 is 14.2 Å². The van der Waals surface area contributed by atoms with E-state index in [1.807, 2.05) is 49.4 Å². The van der Waals surface area contributed by atoms with Crippen molar-refractivity contribution in [1.29, 1.82) is 0 Å². The molecule has 0 fully saturated rings. The lowest BCUT2D eigenvalue weighted by Crippen LogP contribution is -2.40. The zero-order valence-electron chi connectivity index (χ0n) is 22.5. The number of hydrogen-bond donors (Lipinski definition) is 0. The minimum Gasteiger partial charge on any atom is -0.493 e. The second-order valence-corrected chi connectivity index (χ2v) is 11.4. The molecule has 1 aliphatic heterocycles. The molecule has 5 rings (SSSR count). The minimum atomic E-state index is -0.695. The number of thiazole rings is 1. The molecule has 0 saturated heterocycles. The molecule has 7 nitrogen and oxygen atoms in total. The molecule has 0 aliphatic carbocycles. The van der Waals surface area contributed by atoms with Gasteiger partial charge in [0.05, 0.1) is 36.1 Å². The van der Waals surface area contributed by atoms with Gasteiger partial charge in [-0.1, -0.05) is 66.8 Å². The summed E-state index contributed by atoms with van der Waals surface area (Å²) < 4.78 is 33.9. The number of halogens is 2. The van der Waals surface area contributed by atoms with Crippen molar-refractivity contribution in [3.8, 4) is 11.5 Å². The Balaban J connectivity index is 1.69. The highest BCUT2D eigenvalue weighted by Crippen LogP contribution is 2.35. The van der Waals surface area contributed by atoms with Crippen LogP contribution < -0.4 is 24.4 Å². The largest absolute Gasteiger partial charge is 0.493 e. The summed E-state index contributed by atoms with van der Waals surface area (Å²) in [7, 11) is 2.85. The lowest BCUT2D eigenvalue weighted by atomic mass is 9.95. The lowest BCUT2D eigenvalue weighted by Gasteiger charge is -2.25. The highest BCUT2D eigenvalue weighted by molar-refractivity contribution is 14.1. The number of nitrogens with zero attached hydrogens (tertiary/aromatic N) is 2. The lowest BCUT2D eigenvalue weighted by molar-refractivity contribution is -0.136. The number of allylic oxidation sites excluding steroid dienone is 1. The maximum atomic E-state index is 14.3. The Hall–Kier alpha value is -3.77. The van der Waals surface area contributed by atoms with Gasteiger partial charge in [-0.05, 0) is 58.9 Å². The number of carbonyl (C=O) groups is 1. The van der Waals surface area contributed by atoms with Crippen molar-refractivity contribution in [2.45, 2.75) is 26.0 Å². The third kappa shape index (κ3) is 5.71. The summed E-state index contributed by atoms with van der Waals surface area (Å²) in [6.45, 7) is 1.89. The summed E-state index contributed by atoms with van der Waals surface area (Å²) in [5.74, 6) is -0.0671. The molecule has 0 unspecified atom stereocenters. The number of aromatic nitrogens is 1. The molecule has 1 aliphatic rings. The molecule has 210 valence electrons. The van der Waals surface area contributed by atoms with Gasteiger partial charge in [-0.2, -0.15) is 0 Å². The molecule has 4 aromatic rings. The van der Waals surface area contributed by atoms with Crippen LogP contribution in [0.15, 0.2) is 87.8 Å². The molecular weight excluding hydrogens is 658 g/mol. The standard InChI is InChI=1S/C31H26FIN2O5S/c1-4-23-26(30(37)39-3)27(18-10-6-5-7-11-18)35-29(36)25(41-31(35)34-23)15-20-14-21(33)16-24(38-2)28(20)40-17-19-12-8-9-13-22(19)32/h5-16,27H,4,17H2,1-3H3/b25-15+/t27-/m0/s1. The van der Waals surface area contributed by atoms with E-state index in [0.29, 0.717) is 49.7 Å². The zero-order valence-corrected chi connectivity index (χ0v) is 25.5.